The Bertz CT molecular complexity index is 873. The molecule has 1 atom stereocenters. The normalized spacial score (nSPS) is 14.0. The largest absolute Gasteiger partial charge is 0.493 e. The smallest absolute Gasteiger partial charge is 0.248 e. The number of ether oxygens (including phenoxy) is 1. The highest BCUT2D eigenvalue weighted by atomic mass is 32.1. The molecule has 3 heterocycles. The fraction of sp³-hybridized carbons (Fsp3) is 0.235. The number of hydrogen-bond donors (Lipinski definition) is 1. The minimum atomic E-state index is -0.336. The van der Waals surface area contributed by atoms with Crippen LogP contribution >= 0.6 is 11.3 Å². The lowest BCUT2D eigenvalue weighted by Crippen LogP contribution is -2.22. The Morgan fingerprint density at radius 1 is 1.46 bits per heavy atom. The topological polar surface area (TPSA) is 69.0 Å². The Morgan fingerprint density at radius 3 is 3.21 bits per heavy atom. The summed E-state index contributed by atoms with van der Waals surface area (Å²) in [5.41, 5.74) is 3.11. The molecule has 0 saturated carbocycles. The summed E-state index contributed by atoms with van der Waals surface area (Å²) in [7, 11) is 0. The van der Waals surface area contributed by atoms with Gasteiger partial charge in [0.15, 0.2) is 5.13 Å². The van der Waals surface area contributed by atoms with Crippen LogP contribution in [0, 0.1) is 0 Å². The molecule has 0 saturated heterocycles. The van der Waals surface area contributed by atoms with Crippen molar-refractivity contribution in [1.29, 1.82) is 0 Å². The first kappa shape index (κ1) is 14.9. The molecule has 1 aromatic carbocycles. The molecule has 7 heteroatoms. The SMILES string of the molecule is C[C@H](C(=O)Nc1nc(-c2ccc3c(c2)CCO3)cs1)n1ccnc1. The second kappa shape index (κ2) is 6.09. The van der Waals surface area contributed by atoms with Gasteiger partial charge in [-0.1, -0.05) is 0 Å². The van der Waals surface area contributed by atoms with Gasteiger partial charge in [-0.3, -0.25) is 4.79 Å². The molecule has 6 nitrogen and oxygen atoms in total. The molecular weight excluding hydrogens is 324 g/mol. The predicted molar refractivity (Wildman–Crippen MR) is 92.3 cm³/mol. The third-order valence-electron chi connectivity index (χ3n) is 4.07. The molecule has 1 aliphatic heterocycles. The Labute approximate surface area is 143 Å². The highest BCUT2D eigenvalue weighted by molar-refractivity contribution is 7.14. The maximum atomic E-state index is 12.3. The molecule has 0 spiro atoms. The van der Waals surface area contributed by atoms with Crippen LogP contribution in [0.3, 0.4) is 0 Å². The monoisotopic (exact) mass is 340 g/mol. The van der Waals surface area contributed by atoms with Gasteiger partial charge in [-0.25, -0.2) is 9.97 Å². The van der Waals surface area contributed by atoms with E-state index in [1.807, 2.05) is 24.4 Å². The summed E-state index contributed by atoms with van der Waals surface area (Å²) in [6.07, 6.45) is 5.98. The van der Waals surface area contributed by atoms with E-state index in [0.717, 1.165) is 30.0 Å². The van der Waals surface area contributed by atoms with Crippen LogP contribution in [0.25, 0.3) is 11.3 Å². The number of imidazole rings is 1. The molecular formula is C17H16N4O2S. The lowest BCUT2D eigenvalue weighted by atomic mass is 10.1. The van der Waals surface area contributed by atoms with E-state index < -0.39 is 0 Å². The van der Waals surface area contributed by atoms with Crippen molar-refractivity contribution in [1.82, 2.24) is 14.5 Å². The molecule has 0 unspecified atom stereocenters. The number of nitrogens with one attached hydrogen (secondary N) is 1. The lowest BCUT2D eigenvalue weighted by molar-refractivity contribution is -0.118. The summed E-state index contributed by atoms with van der Waals surface area (Å²) in [4.78, 5) is 20.8. The van der Waals surface area contributed by atoms with Gasteiger partial charge in [0.05, 0.1) is 18.6 Å². The third-order valence-corrected chi connectivity index (χ3v) is 4.83. The number of nitrogens with zero attached hydrogens (tertiary/aromatic N) is 3. The zero-order valence-electron chi connectivity index (χ0n) is 13.1. The fourth-order valence-corrected chi connectivity index (χ4v) is 3.38. The van der Waals surface area contributed by atoms with Crippen LogP contribution in [0.1, 0.15) is 18.5 Å². The molecule has 4 rings (SSSR count). The molecule has 122 valence electrons. The van der Waals surface area contributed by atoms with E-state index in [1.165, 1.54) is 16.9 Å². The van der Waals surface area contributed by atoms with Gasteiger partial charge in [-0.15, -0.1) is 11.3 Å². The van der Waals surface area contributed by atoms with Crippen LogP contribution in [-0.4, -0.2) is 27.0 Å². The van der Waals surface area contributed by atoms with Crippen LogP contribution < -0.4 is 10.1 Å². The molecule has 0 fully saturated rings. The van der Waals surface area contributed by atoms with Gasteiger partial charge in [0.2, 0.25) is 5.91 Å². The molecule has 1 amide bonds. The lowest BCUT2D eigenvalue weighted by Gasteiger charge is -2.11. The van der Waals surface area contributed by atoms with Gasteiger partial charge in [-0.2, -0.15) is 0 Å². The van der Waals surface area contributed by atoms with Crippen molar-refractivity contribution >= 4 is 22.4 Å². The van der Waals surface area contributed by atoms with Gasteiger partial charge in [0.25, 0.3) is 0 Å². The van der Waals surface area contributed by atoms with Crippen molar-refractivity contribution in [3.63, 3.8) is 0 Å². The number of hydrogen-bond acceptors (Lipinski definition) is 5. The molecule has 0 bridgehead atoms. The Morgan fingerprint density at radius 2 is 2.38 bits per heavy atom. The van der Waals surface area contributed by atoms with E-state index in [-0.39, 0.29) is 11.9 Å². The number of fused-ring (bicyclic) bond motifs is 1. The number of carbonyl (C=O) groups excluding carboxylic acids is 1. The van der Waals surface area contributed by atoms with Crippen LogP contribution in [0.15, 0.2) is 42.3 Å². The molecule has 0 aliphatic carbocycles. The highest BCUT2D eigenvalue weighted by Gasteiger charge is 2.17. The summed E-state index contributed by atoms with van der Waals surface area (Å²) in [6, 6.07) is 5.75. The standard InChI is InChI=1S/C17H16N4O2S/c1-11(21-6-5-18-10-21)16(22)20-17-19-14(9-24-17)12-2-3-15-13(8-12)4-7-23-15/h2-3,5-6,8-11H,4,7H2,1H3,(H,19,20,22)/t11-/m1/s1. The van der Waals surface area contributed by atoms with Crippen molar-refractivity contribution < 1.29 is 9.53 Å². The van der Waals surface area contributed by atoms with E-state index in [1.54, 1.807) is 23.3 Å². The van der Waals surface area contributed by atoms with Crippen molar-refractivity contribution in [2.24, 2.45) is 0 Å². The second-order valence-corrected chi connectivity index (χ2v) is 6.49. The van der Waals surface area contributed by atoms with Crippen molar-refractivity contribution in [2.45, 2.75) is 19.4 Å². The van der Waals surface area contributed by atoms with Gasteiger partial charge < -0.3 is 14.6 Å². The third kappa shape index (κ3) is 2.78. The summed E-state index contributed by atoms with van der Waals surface area (Å²) < 4.78 is 7.28. The van der Waals surface area contributed by atoms with Crippen LogP contribution in [0.4, 0.5) is 5.13 Å². The Hall–Kier alpha value is -2.67. The van der Waals surface area contributed by atoms with Crippen molar-refractivity contribution in [2.75, 3.05) is 11.9 Å². The quantitative estimate of drug-likeness (QED) is 0.792. The summed E-state index contributed by atoms with van der Waals surface area (Å²) in [5, 5.41) is 5.42. The highest BCUT2D eigenvalue weighted by Crippen LogP contribution is 2.32. The van der Waals surface area contributed by atoms with E-state index >= 15 is 0 Å². The van der Waals surface area contributed by atoms with Gasteiger partial charge in [0.1, 0.15) is 11.8 Å². The van der Waals surface area contributed by atoms with E-state index in [2.05, 4.69) is 21.4 Å². The molecule has 24 heavy (non-hydrogen) atoms. The number of benzene rings is 1. The molecule has 1 aliphatic rings. The number of aromatic nitrogens is 3. The zero-order valence-corrected chi connectivity index (χ0v) is 13.9. The zero-order chi connectivity index (χ0) is 16.5. The van der Waals surface area contributed by atoms with Gasteiger partial charge >= 0.3 is 0 Å². The number of rotatable bonds is 4. The van der Waals surface area contributed by atoms with Crippen molar-refractivity contribution in [3.05, 3.63) is 47.9 Å². The molecule has 2 aromatic heterocycles. The van der Waals surface area contributed by atoms with Gasteiger partial charge in [-0.05, 0) is 30.7 Å². The fourth-order valence-electron chi connectivity index (χ4n) is 2.65. The van der Waals surface area contributed by atoms with Crippen LogP contribution in [-0.2, 0) is 11.2 Å². The number of anilines is 1. The van der Waals surface area contributed by atoms with E-state index in [4.69, 9.17) is 4.74 Å². The van der Waals surface area contributed by atoms with Crippen LogP contribution in [0.5, 0.6) is 5.75 Å². The number of amides is 1. The summed E-state index contributed by atoms with van der Waals surface area (Å²) in [6.45, 7) is 2.56. The maximum absolute atomic E-state index is 12.3. The Balaban J connectivity index is 1.50. The molecule has 3 aromatic rings. The second-order valence-electron chi connectivity index (χ2n) is 5.63. The van der Waals surface area contributed by atoms with E-state index in [0.29, 0.717) is 5.13 Å². The minimum absolute atomic E-state index is 0.115. The van der Waals surface area contributed by atoms with Gasteiger partial charge in [0, 0.05) is 29.8 Å². The first-order chi connectivity index (χ1) is 11.7. The average Bonchev–Trinajstić information content (AvgIpc) is 3.34. The molecule has 0 radical (unpaired) electrons. The number of carbonyl (C=O) groups is 1. The van der Waals surface area contributed by atoms with Crippen LogP contribution in [0.2, 0.25) is 0 Å². The average molecular weight is 340 g/mol. The first-order valence-corrected chi connectivity index (χ1v) is 8.58. The van der Waals surface area contributed by atoms with Crippen molar-refractivity contribution in [3.8, 4) is 17.0 Å². The molecule has 1 N–H and O–H groups in total. The Kier molecular flexibility index (Phi) is 3.78. The maximum Gasteiger partial charge on any atom is 0.248 e. The summed E-state index contributed by atoms with van der Waals surface area (Å²) >= 11 is 1.42. The minimum Gasteiger partial charge on any atom is -0.493 e. The number of thiazole rings is 1. The first-order valence-electron chi connectivity index (χ1n) is 7.70. The van der Waals surface area contributed by atoms with E-state index in [9.17, 15) is 4.79 Å². The predicted octanol–water partition coefficient (Wildman–Crippen LogP) is 3.14. The summed E-state index contributed by atoms with van der Waals surface area (Å²) in [5.74, 6) is 0.841.